The van der Waals surface area contributed by atoms with E-state index in [1.165, 1.54) is 23.9 Å². The number of nitrogens with one attached hydrogen (secondary N) is 1. The number of rotatable bonds is 7. The summed E-state index contributed by atoms with van der Waals surface area (Å²) >= 11 is 1.18. The summed E-state index contributed by atoms with van der Waals surface area (Å²) in [5.74, 6) is -0.741. The van der Waals surface area contributed by atoms with Crippen LogP contribution in [0.1, 0.15) is 12.5 Å². The fraction of sp³-hybridized carbons (Fsp3) is 0.190. The van der Waals surface area contributed by atoms with Crippen molar-refractivity contribution in [3.63, 3.8) is 0 Å². The van der Waals surface area contributed by atoms with Crippen molar-refractivity contribution in [3.05, 3.63) is 72.3 Å². The fourth-order valence-corrected chi connectivity index (χ4v) is 3.50. The molecule has 5 nitrogen and oxygen atoms in total. The first-order valence-corrected chi connectivity index (χ1v) is 9.81. The molecule has 0 spiro atoms. The Bertz CT molecular complexity index is 1050. The van der Waals surface area contributed by atoms with E-state index < -0.39 is 11.1 Å². The van der Waals surface area contributed by atoms with Crippen molar-refractivity contribution in [1.29, 1.82) is 0 Å². The smallest absolute Gasteiger partial charge is 0.237 e. The van der Waals surface area contributed by atoms with Crippen molar-refractivity contribution in [2.75, 3.05) is 5.32 Å². The molecular weight excluding hydrogens is 394 g/mol. The lowest BCUT2D eigenvalue weighted by molar-refractivity contribution is -0.115. The minimum Gasteiger partial charge on any atom is -0.325 e. The molecule has 0 aliphatic heterocycles. The average Bonchev–Trinajstić information content (AvgIpc) is 3.07. The summed E-state index contributed by atoms with van der Waals surface area (Å²) in [6, 6.07) is 10.8. The van der Waals surface area contributed by atoms with Crippen molar-refractivity contribution in [3.8, 4) is 11.4 Å². The molecule has 1 amide bonds. The van der Waals surface area contributed by atoms with Crippen LogP contribution in [0.25, 0.3) is 11.4 Å². The van der Waals surface area contributed by atoms with Crippen LogP contribution in [-0.2, 0) is 11.3 Å². The number of aryl methyl sites for hydroxylation is 1. The van der Waals surface area contributed by atoms with Crippen LogP contribution < -0.4 is 5.32 Å². The summed E-state index contributed by atoms with van der Waals surface area (Å²) in [7, 11) is 0. The third-order valence-electron chi connectivity index (χ3n) is 4.23. The van der Waals surface area contributed by atoms with E-state index in [1.54, 1.807) is 54.8 Å². The van der Waals surface area contributed by atoms with Gasteiger partial charge in [-0.25, -0.2) is 8.78 Å². The van der Waals surface area contributed by atoms with E-state index in [0.29, 0.717) is 34.3 Å². The Labute approximate surface area is 171 Å². The number of anilines is 1. The number of amides is 1. The zero-order valence-electron chi connectivity index (χ0n) is 16.0. The molecule has 8 heteroatoms. The molecule has 0 fully saturated rings. The first kappa shape index (κ1) is 20.7. The quantitative estimate of drug-likeness (QED) is 0.444. The zero-order valence-corrected chi connectivity index (χ0v) is 16.8. The Balaban J connectivity index is 1.80. The second-order valence-electron chi connectivity index (χ2n) is 6.40. The molecule has 29 heavy (non-hydrogen) atoms. The molecule has 0 radical (unpaired) electrons. The van der Waals surface area contributed by atoms with E-state index in [-0.39, 0.29) is 11.7 Å². The number of carbonyl (C=O) groups is 1. The Kier molecular flexibility index (Phi) is 6.43. The van der Waals surface area contributed by atoms with Gasteiger partial charge in [-0.15, -0.1) is 16.8 Å². The normalized spacial score (nSPS) is 11.9. The fourth-order valence-electron chi connectivity index (χ4n) is 2.64. The van der Waals surface area contributed by atoms with Crippen molar-refractivity contribution in [2.24, 2.45) is 0 Å². The number of hydrogen-bond donors (Lipinski definition) is 1. The highest BCUT2D eigenvalue weighted by atomic mass is 32.2. The van der Waals surface area contributed by atoms with Gasteiger partial charge >= 0.3 is 0 Å². The number of carbonyl (C=O) groups excluding carboxylic acids is 1. The predicted molar refractivity (Wildman–Crippen MR) is 111 cm³/mol. The van der Waals surface area contributed by atoms with Gasteiger partial charge in [-0.05, 0) is 43.7 Å². The molecule has 0 saturated heterocycles. The number of benzene rings is 2. The molecule has 1 unspecified atom stereocenters. The van der Waals surface area contributed by atoms with Crippen molar-refractivity contribution < 1.29 is 13.6 Å². The highest BCUT2D eigenvalue weighted by molar-refractivity contribution is 8.00. The first-order valence-electron chi connectivity index (χ1n) is 8.93. The molecule has 1 aromatic heterocycles. The van der Waals surface area contributed by atoms with Crippen LogP contribution in [0.2, 0.25) is 0 Å². The van der Waals surface area contributed by atoms with Crippen LogP contribution in [-0.4, -0.2) is 25.9 Å². The van der Waals surface area contributed by atoms with Crippen LogP contribution in [0.5, 0.6) is 0 Å². The SMILES string of the molecule is C=CCn1c(SC(C)C(=O)Nc2ccc(C)c(F)c2)nnc1-c1ccccc1F. The molecular formula is C21H20F2N4OS. The number of halogens is 2. The minimum absolute atomic E-state index is 0.307. The number of nitrogens with zero attached hydrogens (tertiary/aromatic N) is 3. The second-order valence-corrected chi connectivity index (χ2v) is 7.71. The molecule has 0 aliphatic carbocycles. The largest absolute Gasteiger partial charge is 0.325 e. The van der Waals surface area contributed by atoms with E-state index in [9.17, 15) is 13.6 Å². The van der Waals surface area contributed by atoms with Gasteiger partial charge in [-0.2, -0.15) is 0 Å². The standard InChI is InChI=1S/C21H20F2N4OS/c1-4-11-27-19(16-7-5-6-8-17(16)22)25-26-21(27)29-14(3)20(28)24-15-10-9-13(2)18(23)12-15/h4-10,12,14H,1,11H2,2-3H3,(H,24,28). The Hall–Kier alpha value is -3.00. The molecule has 3 aromatic rings. The van der Waals surface area contributed by atoms with E-state index in [1.807, 2.05) is 0 Å². The van der Waals surface area contributed by atoms with E-state index in [4.69, 9.17) is 0 Å². The molecule has 3 rings (SSSR count). The summed E-state index contributed by atoms with van der Waals surface area (Å²) < 4.78 is 29.6. The maximum Gasteiger partial charge on any atom is 0.237 e. The van der Waals surface area contributed by atoms with Gasteiger partial charge in [0.25, 0.3) is 0 Å². The van der Waals surface area contributed by atoms with Gasteiger partial charge < -0.3 is 5.32 Å². The van der Waals surface area contributed by atoms with Crippen LogP contribution in [0, 0.1) is 18.6 Å². The highest BCUT2D eigenvalue weighted by Crippen LogP contribution is 2.28. The monoisotopic (exact) mass is 414 g/mol. The van der Waals surface area contributed by atoms with Gasteiger partial charge in [0.1, 0.15) is 11.6 Å². The Morgan fingerprint density at radius 3 is 2.69 bits per heavy atom. The van der Waals surface area contributed by atoms with Gasteiger partial charge in [0.05, 0.1) is 10.8 Å². The van der Waals surface area contributed by atoms with E-state index >= 15 is 0 Å². The molecule has 1 heterocycles. The van der Waals surface area contributed by atoms with E-state index in [2.05, 4.69) is 22.1 Å². The third kappa shape index (κ3) is 4.71. The molecule has 0 aliphatic rings. The molecule has 2 aromatic carbocycles. The maximum atomic E-state index is 14.2. The molecule has 1 N–H and O–H groups in total. The number of allylic oxidation sites excluding steroid dienone is 1. The lowest BCUT2D eigenvalue weighted by atomic mass is 10.2. The predicted octanol–water partition coefficient (Wildman–Crippen LogP) is 4.84. The average molecular weight is 414 g/mol. The maximum absolute atomic E-state index is 14.2. The second kappa shape index (κ2) is 9.00. The zero-order chi connectivity index (χ0) is 21.0. The van der Waals surface area contributed by atoms with Gasteiger partial charge in [-0.1, -0.05) is 36.0 Å². The summed E-state index contributed by atoms with van der Waals surface area (Å²) in [4.78, 5) is 12.5. The van der Waals surface area contributed by atoms with Crippen molar-refractivity contribution >= 4 is 23.4 Å². The third-order valence-corrected chi connectivity index (χ3v) is 5.31. The highest BCUT2D eigenvalue weighted by Gasteiger charge is 2.22. The molecule has 0 bridgehead atoms. The Morgan fingerprint density at radius 1 is 1.24 bits per heavy atom. The van der Waals surface area contributed by atoms with Crippen molar-refractivity contribution in [1.82, 2.24) is 14.8 Å². The molecule has 0 saturated carbocycles. The first-order chi connectivity index (χ1) is 13.9. The number of aromatic nitrogens is 3. The number of thioether (sulfide) groups is 1. The summed E-state index contributed by atoms with van der Waals surface area (Å²) in [6.45, 7) is 7.44. The van der Waals surface area contributed by atoms with Crippen LogP contribution in [0.3, 0.4) is 0 Å². The number of hydrogen-bond acceptors (Lipinski definition) is 4. The van der Waals surface area contributed by atoms with Crippen LogP contribution >= 0.6 is 11.8 Å². The van der Waals surface area contributed by atoms with Crippen molar-refractivity contribution in [2.45, 2.75) is 30.8 Å². The molecule has 1 atom stereocenters. The topological polar surface area (TPSA) is 59.8 Å². The summed E-state index contributed by atoms with van der Waals surface area (Å²) in [6.07, 6.45) is 1.65. The summed E-state index contributed by atoms with van der Waals surface area (Å²) in [5, 5.41) is 10.8. The Morgan fingerprint density at radius 2 is 2.00 bits per heavy atom. The molecule has 150 valence electrons. The minimum atomic E-state index is -0.541. The van der Waals surface area contributed by atoms with Gasteiger partial charge in [0, 0.05) is 12.2 Å². The lowest BCUT2D eigenvalue weighted by Crippen LogP contribution is -2.23. The van der Waals surface area contributed by atoms with Gasteiger partial charge in [-0.3, -0.25) is 9.36 Å². The van der Waals surface area contributed by atoms with Crippen LogP contribution in [0.15, 0.2) is 60.3 Å². The lowest BCUT2D eigenvalue weighted by Gasteiger charge is -2.13. The van der Waals surface area contributed by atoms with Crippen LogP contribution in [0.4, 0.5) is 14.5 Å². The van der Waals surface area contributed by atoms with Gasteiger partial charge in [0.2, 0.25) is 5.91 Å². The van der Waals surface area contributed by atoms with E-state index in [0.717, 1.165) is 0 Å². The van der Waals surface area contributed by atoms with Gasteiger partial charge in [0.15, 0.2) is 11.0 Å². The summed E-state index contributed by atoms with van der Waals surface area (Å²) in [5.41, 5.74) is 1.20.